The normalized spacial score (nSPS) is 16.8. The number of unbranched alkanes of at least 4 members (excludes halogenated alkanes) is 2. The van der Waals surface area contributed by atoms with Crippen molar-refractivity contribution in [2.75, 3.05) is 25.4 Å². The number of rotatable bonds is 16. The molecule has 0 unspecified atom stereocenters. The average Bonchev–Trinajstić information content (AvgIpc) is 2.99. The van der Waals surface area contributed by atoms with Crippen molar-refractivity contribution in [3.8, 4) is 17.9 Å². The second-order valence-corrected chi connectivity index (χ2v) is 11.7. The number of allylic oxidation sites excluding steroid dienone is 10. The van der Waals surface area contributed by atoms with Gasteiger partial charge in [0.25, 0.3) is 0 Å². The zero-order chi connectivity index (χ0) is 32.8. The minimum Gasteiger partial charge on any atom is -0.431 e. The van der Waals surface area contributed by atoms with Gasteiger partial charge in [0.05, 0.1) is 24.2 Å². The summed E-state index contributed by atoms with van der Waals surface area (Å²) in [5.41, 5.74) is 1.42. The van der Waals surface area contributed by atoms with E-state index in [1.807, 2.05) is 44.2 Å². The predicted octanol–water partition coefficient (Wildman–Crippen LogP) is 9.05. The molecule has 0 aliphatic carbocycles. The molecule has 1 saturated heterocycles. The lowest BCUT2D eigenvalue weighted by atomic mass is 9.90. The average molecular weight is 626 g/mol. The number of ether oxygens (including phenoxy) is 1. The highest BCUT2D eigenvalue weighted by Gasteiger charge is 2.40. The summed E-state index contributed by atoms with van der Waals surface area (Å²) in [5.74, 6) is 0.386. The molecule has 0 radical (unpaired) electrons. The number of hydrogen-bond donors (Lipinski definition) is 1. The van der Waals surface area contributed by atoms with Crippen molar-refractivity contribution < 1.29 is 23.0 Å². The second kappa shape index (κ2) is 17.6. The number of thioether (sulfide) groups is 1. The lowest BCUT2D eigenvalue weighted by Gasteiger charge is -2.44. The van der Waals surface area contributed by atoms with Crippen LogP contribution in [0.25, 0.3) is 5.57 Å². The van der Waals surface area contributed by atoms with Crippen LogP contribution in [0.3, 0.4) is 0 Å². The maximum atomic E-state index is 14.4. The van der Waals surface area contributed by atoms with Gasteiger partial charge in [-0.05, 0) is 56.9 Å². The molecule has 1 N–H and O–H groups in total. The Bertz CT molecular complexity index is 1380. The molecule has 1 aliphatic heterocycles. The Balaban J connectivity index is 2.68. The number of aliphatic hydroxyl groups excluding tert-OH is 1. The Hall–Kier alpha value is -3.66. The maximum Gasteiger partial charge on any atom is 0.421 e. The van der Waals surface area contributed by atoms with E-state index in [9.17, 15) is 23.7 Å². The molecule has 1 aromatic rings. The third-order valence-corrected chi connectivity index (χ3v) is 8.00. The molecular weight excluding hydrogens is 583 g/mol. The molecule has 0 saturated carbocycles. The van der Waals surface area contributed by atoms with E-state index in [1.54, 1.807) is 11.8 Å². The fourth-order valence-corrected chi connectivity index (χ4v) is 5.54. The molecule has 0 spiro atoms. The number of hydrogen-bond acceptors (Lipinski definition) is 6. The Morgan fingerprint density at radius 2 is 1.73 bits per heavy atom. The molecule has 1 aliphatic rings. The molecule has 236 valence electrons. The van der Waals surface area contributed by atoms with Gasteiger partial charge in [-0.1, -0.05) is 75.3 Å². The predicted molar refractivity (Wildman–Crippen MR) is 173 cm³/mol. The molecule has 1 heterocycles. The zero-order valence-electron chi connectivity index (χ0n) is 26.2. The number of likely N-dealkylation sites (tertiary alicyclic amines) is 1. The van der Waals surface area contributed by atoms with Gasteiger partial charge < -0.3 is 14.7 Å². The van der Waals surface area contributed by atoms with E-state index in [-0.39, 0.29) is 30.0 Å². The third kappa shape index (κ3) is 10.8. The standard InChI is InChI=1S/C35H42F3N3O2S/c1-6-9-11-12-13-14-27(8-3)22-44-32(15-10-7-2)31(21-40)33(30(20-39)26(4)41-23-34(5,36)24-41)28-16-18-29(19-17-28)43-35(37,38)25-42/h8,11-19,42H,6-7,9-10,22-25H2,1-5H3/b12-11+,14-13-,27-8+,30-26+,32-15-,33-31-. The molecule has 0 amide bonds. The molecule has 0 bridgehead atoms. The van der Waals surface area contributed by atoms with Gasteiger partial charge in [-0.2, -0.15) is 19.3 Å². The van der Waals surface area contributed by atoms with Crippen LogP contribution in [0.1, 0.15) is 65.9 Å². The second-order valence-electron chi connectivity index (χ2n) is 10.7. The van der Waals surface area contributed by atoms with E-state index in [0.29, 0.717) is 33.9 Å². The van der Waals surface area contributed by atoms with E-state index < -0.39 is 18.4 Å². The maximum absolute atomic E-state index is 14.4. The molecule has 1 fully saturated rings. The van der Waals surface area contributed by atoms with Gasteiger partial charge in [-0.25, -0.2) is 4.39 Å². The van der Waals surface area contributed by atoms with Gasteiger partial charge >= 0.3 is 6.11 Å². The van der Waals surface area contributed by atoms with Crippen LogP contribution >= 0.6 is 11.8 Å². The molecule has 2 rings (SSSR count). The molecule has 1 aromatic carbocycles. The highest BCUT2D eigenvalue weighted by molar-refractivity contribution is 8.03. The van der Waals surface area contributed by atoms with Crippen molar-refractivity contribution in [1.82, 2.24) is 4.90 Å². The fraction of sp³-hybridized carbons (Fsp3) is 0.429. The lowest BCUT2D eigenvalue weighted by Crippen LogP contribution is -2.56. The van der Waals surface area contributed by atoms with E-state index in [1.165, 1.54) is 43.0 Å². The monoisotopic (exact) mass is 625 g/mol. The van der Waals surface area contributed by atoms with Crippen molar-refractivity contribution in [3.63, 3.8) is 0 Å². The Labute approximate surface area is 264 Å². The van der Waals surface area contributed by atoms with Crippen LogP contribution in [0.15, 0.2) is 88.0 Å². The van der Waals surface area contributed by atoms with Gasteiger partial charge in [0.1, 0.15) is 30.2 Å². The van der Waals surface area contributed by atoms with Crippen LogP contribution in [0.5, 0.6) is 5.75 Å². The van der Waals surface area contributed by atoms with Crippen molar-refractivity contribution in [1.29, 1.82) is 10.5 Å². The molecule has 9 heteroatoms. The van der Waals surface area contributed by atoms with Gasteiger partial charge in [0, 0.05) is 21.9 Å². The summed E-state index contributed by atoms with van der Waals surface area (Å²) in [7, 11) is 0. The summed E-state index contributed by atoms with van der Waals surface area (Å²) in [6.45, 7) is 8.06. The van der Waals surface area contributed by atoms with E-state index in [0.717, 1.165) is 24.8 Å². The first-order valence-corrected chi connectivity index (χ1v) is 15.7. The van der Waals surface area contributed by atoms with E-state index in [2.05, 4.69) is 29.9 Å². The van der Waals surface area contributed by atoms with E-state index in [4.69, 9.17) is 5.11 Å². The first-order valence-electron chi connectivity index (χ1n) is 14.7. The van der Waals surface area contributed by atoms with Crippen LogP contribution in [0.2, 0.25) is 0 Å². The summed E-state index contributed by atoms with van der Waals surface area (Å²) < 4.78 is 46.4. The molecule has 0 aromatic heterocycles. The molecule has 5 nitrogen and oxygen atoms in total. The minimum atomic E-state index is -3.76. The molecular formula is C35H42F3N3O2S. The van der Waals surface area contributed by atoms with Gasteiger partial charge in [-0.15, -0.1) is 11.8 Å². The first-order chi connectivity index (χ1) is 20.9. The van der Waals surface area contributed by atoms with Crippen molar-refractivity contribution in [3.05, 3.63) is 93.6 Å². The summed E-state index contributed by atoms with van der Waals surface area (Å²) in [5, 5.41) is 29.9. The summed E-state index contributed by atoms with van der Waals surface area (Å²) in [6.07, 6.45) is 12.0. The Morgan fingerprint density at radius 3 is 2.25 bits per heavy atom. The van der Waals surface area contributed by atoms with Gasteiger partial charge in [-0.3, -0.25) is 0 Å². The SMILES string of the molecule is C\C=C(/C=C\C=C\CCC)CSC(=C\CCC)/C(C#N)=C(\C(C#N)=C(/C)N1CC(C)(F)C1)c1ccc(OC(F)(F)CO)cc1. The van der Waals surface area contributed by atoms with Crippen molar-refractivity contribution in [2.45, 2.75) is 72.1 Å². The first kappa shape index (κ1) is 36.5. The Morgan fingerprint density at radius 1 is 1.09 bits per heavy atom. The number of alkyl halides is 3. The van der Waals surface area contributed by atoms with Crippen LogP contribution in [0, 0.1) is 22.7 Å². The number of halogens is 3. The number of nitriles is 2. The summed E-state index contributed by atoms with van der Waals surface area (Å²) in [6, 6.07) is 10.2. The number of nitrogens with zero attached hydrogens (tertiary/aromatic N) is 3. The largest absolute Gasteiger partial charge is 0.431 e. The smallest absolute Gasteiger partial charge is 0.421 e. The fourth-order valence-electron chi connectivity index (χ4n) is 4.42. The lowest BCUT2D eigenvalue weighted by molar-refractivity contribution is -0.200. The van der Waals surface area contributed by atoms with Crippen molar-refractivity contribution in [2.24, 2.45) is 0 Å². The van der Waals surface area contributed by atoms with E-state index >= 15 is 0 Å². The summed E-state index contributed by atoms with van der Waals surface area (Å²) in [4.78, 5) is 2.44. The van der Waals surface area contributed by atoms with Crippen LogP contribution in [-0.4, -0.2) is 47.2 Å². The highest BCUT2D eigenvalue weighted by atomic mass is 32.2. The Kier molecular flexibility index (Phi) is 14.6. The molecule has 44 heavy (non-hydrogen) atoms. The topological polar surface area (TPSA) is 80.3 Å². The zero-order valence-corrected chi connectivity index (χ0v) is 27.0. The highest BCUT2D eigenvalue weighted by Crippen LogP contribution is 2.39. The van der Waals surface area contributed by atoms with Gasteiger partial charge in [0.15, 0.2) is 0 Å². The number of benzene rings is 1. The summed E-state index contributed by atoms with van der Waals surface area (Å²) >= 11 is 1.48. The van der Waals surface area contributed by atoms with Crippen molar-refractivity contribution >= 4 is 17.3 Å². The molecule has 0 atom stereocenters. The van der Waals surface area contributed by atoms with Crippen LogP contribution < -0.4 is 4.74 Å². The quantitative estimate of drug-likeness (QED) is 0.146. The van der Waals surface area contributed by atoms with Crippen LogP contribution in [-0.2, 0) is 0 Å². The number of aliphatic hydroxyl groups is 1. The van der Waals surface area contributed by atoms with Gasteiger partial charge in [0.2, 0.25) is 0 Å². The minimum absolute atomic E-state index is 0.110. The third-order valence-electron chi connectivity index (χ3n) is 6.84. The van der Waals surface area contributed by atoms with Crippen LogP contribution in [0.4, 0.5) is 13.2 Å².